The standard InChI is InChI=1S/C16H21NO2/c1-15(2,3)11-7-5-6-8-12(11)16(4)10-9-13(18)17-14(16)19/h5-8H,9-10H2,1-4H3,(H,17,18,19). The normalized spacial score (nSPS) is 24.2. The van der Waals surface area contributed by atoms with Gasteiger partial charge in [-0.3, -0.25) is 14.9 Å². The highest BCUT2D eigenvalue weighted by atomic mass is 16.2. The average molecular weight is 259 g/mol. The van der Waals surface area contributed by atoms with Gasteiger partial charge in [0.2, 0.25) is 11.8 Å². The van der Waals surface area contributed by atoms with Gasteiger partial charge in [-0.1, -0.05) is 45.0 Å². The highest BCUT2D eigenvalue weighted by Crippen LogP contribution is 2.38. The highest BCUT2D eigenvalue weighted by molar-refractivity contribution is 6.03. The van der Waals surface area contributed by atoms with Crippen LogP contribution in [0.3, 0.4) is 0 Å². The Labute approximate surface area is 114 Å². The number of nitrogens with one attached hydrogen (secondary N) is 1. The van der Waals surface area contributed by atoms with Gasteiger partial charge < -0.3 is 0 Å². The molecule has 1 fully saturated rings. The quantitative estimate of drug-likeness (QED) is 0.788. The lowest BCUT2D eigenvalue weighted by Crippen LogP contribution is -2.50. The number of piperidine rings is 1. The van der Waals surface area contributed by atoms with Crippen LogP contribution >= 0.6 is 0 Å². The van der Waals surface area contributed by atoms with E-state index in [0.717, 1.165) is 5.56 Å². The summed E-state index contributed by atoms with van der Waals surface area (Å²) in [5.74, 6) is -0.351. The van der Waals surface area contributed by atoms with Crippen molar-refractivity contribution >= 4 is 11.8 Å². The van der Waals surface area contributed by atoms with Gasteiger partial charge in [0.1, 0.15) is 0 Å². The number of imide groups is 1. The van der Waals surface area contributed by atoms with Crippen LogP contribution in [-0.4, -0.2) is 11.8 Å². The van der Waals surface area contributed by atoms with E-state index in [4.69, 9.17) is 0 Å². The first-order valence-electron chi connectivity index (χ1n) is 6.69. The van der Waals surface area contributed by atoms with Crippen LogP contribution in [-0.2, 0) is 20.4 Å². The Kier molecular flexibility index (Phi) is 3.25. The molecule has 1 aliphatic heterocycles. The first kappa shape index (κ1) is 13.8. The zero-order valence-electron chi connectivity index (χ0n) is 12.0. The molecule has 1 aromatic carbocycles. The molecule has 0 radical (unpaired) electrons. The Bertz CT molecular complexity index is 528. The minimum Gasteiger partial charge on any atom is -0.296 e. The van der Waals surface area contributed by atoms with Gasteiger partial charge in [0.25, 0.3) is 0 Å². The zero-order chi connectivity index (χ0) is 14.3. The Balaban J connectivity index is 2.53. The van der Waals surface area contributed by atoms with E-state index in [1.165, 1.54) is 5.56 Å². The predicted octanol–water partition coefficient (Wildman–Crippen LogP) is 2.68. The third-order valence-corrected chi connectivity index (χ3v) is 3.94. The van der Waals surface area contributed by atoms with Crippen LogP contribution in [0, 0.1) is 0 Å². The largest absolute Gasteiger partial charge is 0.296 e. The van der Waals surface area contributed by atoms with Crippen molar-refractivity contribution in [1.82, 2.24) is 5.32 Å². The lowest BCUT2D eigenvalue weighted by atomic mass is 9.69. The zero-order valence-corrected chi connectivity index (χ0v) is 12.0. The Morgan fingerprint density at radius 2 is 1.79 bits per heavy atom. The molecule has 2 rings (SSSR count). The fraction of sp³-hybridized carbons (Fsp3) is 0.500. The number of carbonyl (C=O) groups excluding carboxylic acids is 2. The van der Waals surface area contributed by atoms with E-state index in [1.807, 2.05) is 25.1 Å². The molecule has 1 aliphatic rings. The van der Waals surface area contributed by atoms with E-state index in [9.17, 15) is 9.59 Å². The van der Waals surface area contributed by atoms with Crippen LogP contribution in [0.2, 0.25) is 0 Å². The summed E-state index contributed by atoms with van der Waals surface area (Å²) >= 11 is 0. The van der Waals surface area contributed by atoms with Gasteiger partial charge in [0, 0.05) is 6.42 Å². The van der Waals surface area contributed by atoms with Gasteiger partial charge >= 0.3 is 0 Å². The third kappa shape index (κ3) is 2.42. The van der Waals surface area contributed by atoms with E-state index in [1.54, 1.807) is 0 Å². The predicted molar refractivity (Wildman–Crippen MR) is 74.9 cm³/mol. The molecule has 3 nitrogen and oxygen atoms in total. The molecule has 1 aromatic rings. The van der Waals surface area contributed by atoms with Crippen molar-refractivity contribution in [3.63, 3.8) is 0 Å². The van der Waals surface area contributed by atoms with Crippen LogP contribution in [0.5, 0.6) is 0 Å². The van der Waals surface area contributed by atoms with E-state index < -0.39 is 5.41 Å². The van der Waals surface area contributed by atoms with Gasteiger partial charge in [-0.15, -0.1) is 0 Å². The Morgan fingerprint density at radius 3 is 2.37 bits per heavy atom. The van der Waals surface area contributed by atoms with E-state index >= 15 is 0 Å². The van der Waals surface area contributed by atoms with Gasteiger partial charge in [-0.2, -0.15) is 0 Å². The summed E-state index contributed by atoms with van der Waals surface area (Å²) in [6.45, 7) is 8.35. The molecule has 1 heterocycles. The van der Waals surface area contributed by atoms with Crippen molar-refractivity contribution in [3.8, 4) is 0 Å². The number of hydrogen-bond donors (Lipinski definition) is 1. The number of carbonyl (C=O) groups is 2. The Hall–Kier alpha value is -1.64. The monoisotopic (exact) mass is 259 g/mol. The summed E-state index contributed by atoms with van der Waals surface area (Å²) < 4.78 is 0. The molecule has 2 amide bonds. The molecule has 1 N–H and O–H groups in total. The van der Waals surface area contributed by atoms with E-state index in [2.05, 4.69) is 32.2 Å². The van der Waals surface area contributed by atoms with Crippen molar-refractivity contribution in [2.45, 2.75) is 51.4 Å². The second-order valence-corrected chi connectivity index (χ2v) is 6.50. The number of amides is 2. The molecule has 0 bridgehead atoms. The minimum absolute atomic E-state index is 0.0264. The lowest BCUT2D eigenvalue weighted by molar-refractivity contribution is -0.137. The fourth-order valence-electron chi connectivity index (χ4n) is 2.68. The first-order chi connectivity index (χ1) is 8.75. The second-order valence-electron chi connectivity index (χ2n) is 6.50. The fourth-order valence-corrected chi connectivity index (χ4v) is 2.68. The summed E-state index contributed by atoms with van der Waals surface area (Å²) in [5.41, 5.74) is 1.56. The van der Waals surface area contributed by atoms with Crippen LogP contribution in [0.25, 0.3) is 0 Å². The number of rotatable bonds is 1. The van der Waals surface area contributed by atoms with Gasteiger partial charge in [0.05, 0.1) is 5.41 Å². The van der Waals surface area contributed by atoms with Crippen LogP contribution in [0.15, 0.2) is 24.3 Å². The molecule has 1 unspecified atom stereocenters. The molecular weight excluding hydrogens is 238 g/mol. The SMILES string of the molecule is CC(C)(C)c1ccccc1C1(C)CCC(=O)NC1=O. The molecule has 1 saturated heterocycles. The molecule has 3 heteroatoms. The molecule has 0 aliphatic carbocycles. The maximum Gasteiger partial charge on any atom is 0.236 e. The smallest absolute Gasteiger partial charge is 0.236 e. The third-order valence-electron chi connectivity index (χ3n) is 3.94. The van der Waals surface area contributed by atoms with Crippen LogP contribution in [0.4, 0.5) is 0 Å². The summed E-state index contributed by atoms with van der Waals surface area (Å²) in [5, 5.41) is 2.47. The lowest BCUT2D eigenvalue weighted by Gasteiger charge is -2.36. The van der Waals surface area contributed by atoms with Crippen LogP contribution < -0.4 is 5.32 Å². The van der Waals surface area contributed by atoms with Crippen molar-refractivity contribution in [2.24, 2.45) is 0 Å². The average Bonchev–Trinajstić information content (AvgIpc) is 2.33. The maximum atomic E-state index is 12.3. The molecular formula is C16H21NO2. The Morgan fingerprint density at radius 1 is 1.16 bits per heavy atom. The molecule has 0 aromatic heterocycles. The highest BCUT2D eigenvalue weighted by Gasteiger charge is 2.42. The minimum atomic E-state index is -0.613. The summed E-state index contributed by atoms with van der Waals surface area (Å²) in [4.78, 5) is 23.6. The summed E-state index contributed by atoms with van der Waals surface area (Å²) in [6, 6.07) is 8.04. The van der Waals surface area contributed by atoms with Gasteiger partial charge in [-0.05, 0) is 29.9 Å². The number of benzene rings is 1. The van der Waals surface area contributed by atoms with E-state index in [0.29, 0.717) is 12.8 Å². The van der Waals surface area contributed by atoms with Gasteiger partial charge in [0.15, 0.2) is 0 Å². The van der Waals surface area contributed by atoms with Gasteiger partial charge in [-0.25, -0.2) is 0 Å². The second kappa shape index (κ2) is 4.48. The molecule has 19 heavy (non-hydrogen) atoms. The summed E-state index contributed by atoms with van der Waals surface area (Å²) in [6.07, 6.45) is 0.978. The molecule has 1 atom stereocenters. The first-order valence-corrected chi connectivity index (χ1v) is 6.69. The van der Waals surface area contributed by atoms with Crippen LogP contribution in [0.1, 0.15) is 51.7 Å². The van der Waals surface area contributed by atoms with E-state index in [-0.39, 0.29) is 17.2 Å². The van der Waals surface area contributed by atoms with Crippen molar-refractivity contribution in [3.05, 3.63) is 35.4 Å². The maximum absolute atomic E-state index is 12.3. The van der Waals surface area contributed by atoms with Crippen molar-refractivity contribution in [1.29, 1.82) is 0 Å². The van der Waals surface area contributed by atoms with Crippen molar-refractivity contribution < 1.29 is 9.59 Å². The molecule has 0 spiro atoms. The number of hydrogen-bond acceptors (Lipinski definition) is 2. The molecule has 102 valence electrons. The molecule has 0 saturated carbocycles. The topological polar surface area (TPSA) is 46.2 Å². The van der Waals surface area contributed by atoms with Crippen molar-refractivity contribution in [2.75, 3.05) is 0 Å². The summed E-state index contributed by atoms with van der Waals surface area (Å²) in [7, 11) is 0.